The maximum absolute atomic E-state index is 13.0. The molecule has 2 rings (SSSR count). The summed E-state index contributed by atoms with van der Waals surface area (Å²) in [6, 6.07) is 12.9. The van der Waals surface area contributed by atoms with E-state index in [0.717, 1.165) is 22.1 Å². The summed E-state index contributed by atoms with van der Waals surface area (Å²) in [7, 11) is 0. The van der Waals surface area contributed by atoms with Crippen LogP contribution in [0, 0.1) is 5.82 Å². The molecule has 0 unspecified atom stereocenters. The molecule has 0 aromatic heterocycles. The Kier molecular flexibility index (Phi) is 5.37. The number of alkyl halides is 1. The Labute approximate surface area is 125 Å². The van der Waals surface area contributed by atoms with Crippen LogP contribution in [0.4, 0.5) is 4.39 Å². The van der Waals surface area contributed by atoms with E-state index in [1.807, 2.05) is 12.1 Å². The molecule has 0 heterocycles. The van der Waals surface area contributed by atoms with E-state index in [1.54, 1.807) is 6.07 Å². The first-order valence-electron chi connectivity index (χ1n) is 5.97. The lowest BCUT2D eigenvalue weighted by atomic mass is 10.1. The zero-order valence-corrected chi connectivity index (χ0v) is 12.6. The average molecular weight is 343 g/mol. The predicted octanol–water partition coefficient (Wildman–Crippen LogP) is 4.62. The van der Waals surface area contributed by atoms with E-state index >= 15 is 0 Å². The summed E-state index contributed by atoms with van der Waals surface area (Å²) in [5, 5.41) is 3.33. The number of benzene rings is 2. The van der Waals surface area contributed by atoms with Crippen LogP contribution in [0.1, 0.15) is 16.7 Å². The highest BCUT2D eigenvalue weighted by Gasteiger charge is 2.01. The molecule has 0 saturated carbocycles. The summed E-state index contributed by atoms with van der Waals surface area (Å²) in [5.41, 5.74) is 3.34. The van der Waals surface area contributed by atoms with Crippen molar-refractivity contribution in [2.75, 3.05) is 0 Å². The second kappa shape index (κ2) is 7.04. The zero-order chi connectivity index (χ0) is 13.7. The van der Waals surface area contributed by atoms with Gasteiger partial charge in [-0.1, -0.05) is 46.3 Å². The van der Waals surface area contributed by atoms with Crippen LogP contribution in [-0.4, -0.2) is 0 Å². The lowest BCUT2D eigenvalue weighted by molar-refractivity contribution is 0.623. The Hall–Kier alpha value is -0.900. The smallest absolute Gasteiger partial charge is 0.124 e. The van der Waals surface area contributed by atoms with Crippen molar-refractivity contribution in [3.8, 4) is 0 Å². The third-order valence-corrected chi connectivity index (χ3v) is 3.85. The van der Waals surface area contributed by atoms with E-state index in [2.05, 4.69) is 33.4 Å². The highest BCUT2D eigenvalue weighted by Crippen LogP contribution is 2.18. The van der Waals surface area contributed by atoms with Gasteiger partial charge in [0, 0.05) is 23.4 Å². The van der Waals surface area contributed by atoms with Gasteiger partial charge in [0.2, 0.25) is 0 Å². The molecule has 1 nitrogen and oxygen atoms in total. The standard InChI is InChI=1S/C15H14BrClFN/c16-15-7-14(18)5-4-13(15)10-19-9-12-3-1-2-11(6-12)8-17/h1-7,19H,8-10H2. The van der Waals surface area contributed by atoms with E-state index in [1.165, 1.54) is 17.7 Å². The summed E-state index contributed by atoms with van der Waals surface area (Å²) in [4.78, 5) is 0. The van der Waals surface area contributed by atoms with Crippen LogP contribution in [-0.2, 0) is 19.0 Å². The highest BCUT2D eigenvalue weighted by atomic mass is 79.9. The topological polar surface area (TPSA) is 12.0 Å². The molecule has 0 spiro atoms. The van der Waals surface area contributed by atoms with Gasteiger partial charge in [0.15, 0.2) is 0 Å². The molecule has 0 aliphatic heterocycles. The Morgan fingerprint density at radius 2 is 1.84 bits per heavy atom. The van der Waals surface area contributed by atoms with Gasteiger partial charge in [-0.3, -0.25) is 0 Å². The summed E-state index contributed by atoms with van der Waals surface area (Å²) >= 11 is 9.16. The molecule has 100 valence electrons. The van der Waals surface area contributed by atoms with Crippen molar-refractivity contribution in [2.45, 2.75) is 19.0 Å². The quantitative estimate of drug-likeness (QED) is 0.782. The van der Waals surface area contributed by atoms with Gasteiger partial charge in [-0.15, -0.1) is 11.6 Å². The molecule has 2 aromatic carbocycles. The fourth-order valence-electron chi connectivity index (χ4n) is 1.83. The summed E-state index contributed by atoms with van der Waals surface area (Å²) in [6.07, 6.45) is 0. The first-order valence-corrected chi connectivity index (χ1v) is 7.30. The first-order chi connectivity index (χ1) is 9.19. The average Bonchev–Trinajstić information content (AvgIpc) is 2.41. The van der Waals surface area contributed by atoms with E-state index in [-0.39, 0.29) is 5.82 Å². The van der Waals surface area contributed by atoms with E-state index in [0.29, 0.717) is 12.4 Å². The van der Waals surface area contributed by atoms with Gasteiger partial charge in [0.25, 0.3) is 0 Å². The number of halogens is 3. The third kappa shape index (κ3) is 4.30. The normalized spacial score (nSPS) is 10.7. The van der Waals surface area contributed by atoms with Crippen LogP contribution in [0.3, 0.4) is 0 Å². The van der Waals surface area contributed by atoms with Crippen molar-refractivity contribution in [1.29, 1.82) is 0 Å². The fraction of sp³-hybridized carbons (Fsp3) is 0.200. The van der Waals surface area contributed by atoms with E-state index in [4.69, 9.17) is 11.6 Å². The van der Waals surface area contributed by atoms with Crippen molar-refractivity contribution in [3.63, 3.8) is 0 Å². The van der Waals surface area contributed by atoms with Crippen LogP contribution in [0.5, 0.6) is 0 Å². The van der Waals surface area contributed by atoms with Gasteiger partial charge in [0.05, 0.1) is 0 Å². The summed E-state index contributed by atoms with van der Waals surface area (Å²) < 4.78 is 13.7. The van der Waals surface area contributed by atoms with Crippen LogP contribution >= 0.6 is 27.5 Å². The Morgan fingerprint density at radius 1 is 1.05 bits per heavy atom. The van der Waals surface area contributed by atoms with Gasteiger partial charge < -0.3 is 5.32 Å². The Balaban J connectivity index is 1.92. The van der Waals surface area contributed by atoms with Gasteiger partial charge in [0.1, 0.15) is 5.82 Å². The largest absolute Gasteiger partial charge is 0.309 e. The molecular weight excluding hydrogens is 329 g/mol. The van der Waals surface area contributed by atoms with Gasteiger partial charge in [-0.2, -0.15) is 0 Å². The van der Waals surface area contributed by atoms with Gasteiger partial charge in [-0.25, -0.2) is 4.39 Å². The molecule has 0 aliphatic carbocycles. The Bertz CT molecular complexity index is 560. The highest BCUT2D eigenvalue weighted by molar-refractivity contribution is 9.10. The van der Waals surface area contributed by atoms with Crippen molar-refractivity contribution in [2.24, 2.45) is 0 Å². The molecule has 0 bridgehead atoms. The molecule has 4 heteroatoms. The molecule has 1 N–H and O–H groups in total. The maximum atomic E-state index is 13.0. The SMILES string of the molecule is Fc1ccc(CNCc2cccc(CCl)c2)c(Br)c1. The first kappa shape index (κ1) is 14.5. The molecule has 2 aromatic rings. The fourth-order valence-corrected chi connectivity index (χ4v) is 2.49. The minimum absolute atomic E-state index is 0.231. The third-order valence-electron chi connectivity index (χ3n) is 2.81. The number of hydrogen-bond donors (Lipinski definition) is 1. The van der Waals surface area contributed by atoms with Crippen molar-refractivity contribution < 1.29 is 4.39 Å². The van der Waals surface area contributed by atoms with Crippen molar-refractivity contribution >= 4 is 27.5 Å². The van der Waals surface area contributed by atoms with Crippen molar-refractivity contribution in [1.82, 2.24) is 5.32 Å². The predicted molar refractivity (Wildman–Crippen MR) is 80.6 cm³/mol. The zero-order valence-electron chi connectivity index (χ0n) is 10.3. The van der Waals surface area contributed by atoms with E-state index < -0.39 is 0 Å². The molecule has 0 aliphatic rings. The number of rotatable bonds is 5. The monoisotopic (exact) mass is 341 g/mol. The number of nitrogens with one attached hydrogen (secondary N) is 1. The molecule has 0 atom stereocenters. The second-order valence-corrected chi connectivity index (χ2v) is 5.41. The van der Waals surface area contributed by atoms with Crippen LogP contribution in [0.25, 0.3) is 0 Å². The van der Waals surface area contributed by atoms with Crippen LogP contribution in [0.2, 0.25) is 0 Å². The van der Waals surface area contributed by atoms with E-state index in [9.17, 15) is 4.39 Å². The molecule has 0 fully saturated rings. The molecule has 19 heavy (non-hydrogen) atoms. The summed E-state index contributed by atoms with van der Waals surface area (Å²) in [5.74, 6) is 0.294. The molecular formula is C15H14BrClFN. The Morgan fingerprint density at radius 3 is 2.58 bits per heavy atom. The number of hydrogen-bond acceptors (Lipinski definition) is 1. The lowest BCUT2D eigenvalue weighted by Gasteiger charge is -2.08. The van der Waals surface area contributed by atoms with Crippen LogP contribution < -0.4 is 5.32 Å². The minimum Gasteiger partial charge on any atom is -0.309 e. The minimum atomic E-state index is -0.231. The summed E-state index contributed by atoms with van der Waals surface area (Å²) in [6.45, 7) is 1.44. The second-order valence-electron chi connectivity index (χ2n) is 4.29. The molecule has 0 radical (unpaired) electrons. The molecule has 0 amide bonds. The lowest BCUT2D eigenvalue weighted by Crippen LogP contribution is -2.13. The molecule has 0 saturated heterocycles. The van der Waals surface area contributed by atoms with Gasteiger partial charge >= 0.3 is 0 Å². The van der Waals surface area contributed by atoms with Crippen LogP contribution in [0.15, 0.2) is 46.9 Å². The van der Waals surface area contributed by atoms with Gasteiger partial charge in [-0.05, 0) is 28.8 Å². The van der Waals surface area contributed by atoms with Crippen molar-refractivity contribution in [3.05, 3.63) is 69.4 Å². The maximum Gasteiger partial charge on any atom is 0.124 e.